The van der Waals surface area contributed by atoms with Crippen LogP contribution in [0.1, 0.15) is 38.5 Å². The number of carbonyl (C=O) groups excluding carboxylic acids is 2. The molecule has 1 aromatic carbocycles. The minimum absolute atomic E-state index is 0.0368. The summed E-state index contributed by atoms with van der Waals surface area (Å²) in [6, 6.07) is 5.14. The van der Waals surface area contributed by atoms with Gasteiger partial charge in [-0.1, -0.05) is 30.9 Å². The van der Waals surface area contributed by atoms with Crippen LogP contribution in [0.4, 0.5) is 5.69 Å². The molecular formula is C15H15BrClNO2. The Labute approximate surface area is 131 Å². The summed E-state index contributed by atoms with van der Waals surface area (Å²) in [5.41, 5.74) is 0.154. The number of anilines is 1. The second-order valence-electron chi connectivity index (χ2n) is 5.65. The van der Waals surface area contributed by atoms with Crippen LogP contribution in [0, 0.1) is 5.41 Å². The highest BCUT2D eigenvalue weighted by Gasteiger charge is 2.52. The van der Waals surface area contributed by atoms with Crippen LogP contribution < -0.4 is 4.90 Å². The topological polar surface area (TPSA) is 37.4 Å². The van der Waals surface area contributed by atoms with E-state index >= 15 is 0 Å². The first-order valence-corrected chi connectivity index (χ1v) is 8.03. The van der Waals surface area contributed by atoms with Crippen molar-refractivity contribution in [3.63, 3.8) is 0 Å². The van der Waals surface area contributed by atoms with E-state index in [1.807, 2.05) is 0 Å². The van der Waals surface area contributed by atoms with Crippen LogP contribution in [0.5, 0.6) is 0 Å². The quantitative estimate of drug-likeness (QED) is 0.703. The van der Waals surface area contributed by atoms with E-state index in [-0.39, 0.29) is 11.8 Å². The van der Waals surface area contributed by atoms with Gasteiger partial charge in [-0.05, 0) is 47.0 Å². The van der Waals surface area contributed by atoms with Gasteiger partial charge in [0.15, 0.2) is 0 Å². The predicted octanol–water partition coefficient (Wildman–Crippen LogP) is 4.32. The molecule has 1 aromatic rings. The lowest BCUT2D eigenvalue weighted by molar-refractivity contribution is -0.127. The van der Waals surface area contributed by atoms with E-state index in [9.17, 15) is 9.59 Å². The van der Waals surface area contributed by atoms with E-state index in [4.69, 9.17) is 11.6 Å². The highest BCUT2D eigenvalue weighted by Crippen LogP contribution is 2.47. The van der Waals surface area contributed by atoms with Crippen molar-refractivity contribution >= 4 is 45.0 Å². The summed E-state index contributed by atoms with van der Waals surface area (Å²) in [5, 5.41) is 0.576. The van der Waals surface area contributed by atoms with Crippen molar-refractivity contribution in [1.29, 1.82) is 0 Å². The average Bonchev–Trinajstić information content (AvgIpc) is 2.63. The molecule has 2 fully saturated rings. The van der Waals surface area contributed by atoms with Crippen molar-refractivity contribution in [3.8, 4) is 0 Å². The molecule has 2 aliphatic rings. The zero-order valence-electron chi connectivity index (χ0n) is 11.0. The van der Waals surface area contributed by atoms with Crippen LogP contribution in [-0.2, 0) is 9.59 Å². The number of benzene rings is 1. The van der Waals surface area contributed by atoms with Gasteiger partial charge in [-0.2, -0.15) is 0 Å². The van der Waals surface area contributed by atoms with Crippen LogP contribution >= 0.6 is 27.5 Å². The zero-order valence-corrected chi connectivity index (χ0v) is 13.3. The third-order valence-electron chi connectivity index (χ3n) is 4.36. The molecule has 1 saturated heterocycles. The van der Waals surface area contributed by atoms with Gasteiger partial charge >= 0.3 is 0 Å². The van der Waals surface area contributed by atoms with Gasteiger partial charge in [-0.3, -0.25) is 9.59 Å². The molecule has 20 heavy (non-hydrogen) atoms. The Kier molecular flexibility index (Phi) is 3.63. The molecule has 0 atom stereocenters. The summed E-state index contributed by atoms with van der Waals surface area (Å²) in [6.45, 7) is 0. The molecule has 5 heteroatoms. The molecular weight excluding hydrogens is 342 g/mol. The van der Waals surface area contributed by atoms with Crippen molar-refractivity contribution in [1.82, 2.24) is 0 Å². The first-order valence-electron chi connectivity index (χ1n) is 6.86. The minimum Gasteiger partial charge on any atom is -0.274 e. The zero-order chi connectivity index (χ0) is 14.3. The molecule has 2 amide bonds. The van der Waals surface area contributed by atoms with E-state index in [1.165, 1.54) is 4.90 Å². The van der Waals surface area contributed by atoms with Crippen molar-refractivity contribution in [2.45, 2.75) is 38.5 Å². The molecule has 0 N–H and O–H groups in total. The summed E-state index contributed by atoms with van der Waals surface area (Å²) in [5.74, 6) is -0.134. The summed E-state index contributed by atoms with van der Waals surface area (Å²) >= 11 is 9.31. The third kappa shape index (κ3) is 2.19. The first-order chi connectivity index (χ1) is 9.53. The van der Waals surface area contributed by atoms with Gasteiger partial charge < -0.3 is 0 Å². The van der Waals surface area contributed by atoms with Gasteiger partial charge in [0.1, 0.15) is 0 Å². The molecule has 106 valence electrons. The largest absolute Gasteiger partial charge is 0.274 e. The fraction of sp³-hybridized carbons (Fsp3) is 0.467. The molecule has 0 bridgehead atoms. The third-order valence-corrected chi connectivity index (χ3v) is 5.23. The molecule has 3 rings (SSSR count). The summed E-state index contributed by atoms with van der Waals surface area (Å²) in [7, 11) is 0. The Morgan fingerprint density at radius 1 is 1.15 bits per heavy atom. The van der Waals surface area contributed by atoms with E-state index in [1.54, 1.807) is 18.2 Å². The average molecular weight is 357 g/mol. The van der Waals surface area contributed by atoms with E-state index in [0.717, 1.165) is 32.1 Å². The number of amides is 2. The van der Waals surface area contributed by atoms with Gasteiger partial charge in [-0.15, -0.1) is 0 Å². The SMILES string of the molecule is O=C1CC2(CCCCC2)C(=O)N1c1ccc(Cl)cc1Br. The van der Waals surface area contributed by atoms with Crippen molar-refractivity contribution in [2.24, 2.45) is 5.41 Å². The van der Waals surface area contributed by atoms with E-state index in [2.05, 4.69) is 15.9 Å². The van der Waals surface area contributed by atoms with Crippen LogP contribution in [0.2, 0.25) is 5.02 Å². The normalized spacial score (nSPS) is 21.8. The highest BCUT2D eigenvalue weighted by molar-refractivity contribution is 9.10. The molecule has 1 spiro atoms. The van der Waals surface area contributed by atoms with Crippen LogP contribution in [0.3, 0.4) is 0 Å². The van der Waals surface area contributed by atoms with Gasteiger partial charge in [0.2, 0.25) is 11.8 Å². The fourth-order valence-electron chi connectivity index (χ4n) is 3.32. The fourth-order valence-corrected chi connectivity index (χ4v) is 4.18. The maximum Gasteiger partial charge on any atom is 0.240 e. The highest BCUT2D eigenvalue weighted by atomic mass is 79.9. The van der Waals surface area contributed by atoms with E-state index in [0.29, 0.717) is 21.6 Å². The number of imide groups is 1. The smallest absolute Gasteiger partial charge is 0.240 e. The van der Waals surface area contributed by atoms with Gasteiger partial charge in [0.05, 0.1) is 11.1 Å². The minimum atomic E-state index is -0.450. The Morgan fingerprint density at radius 2 is 1.85 bits per heavy atom. The molecule has 3 nitrogen and oxygen atoms in total. The first kappa shape index (κ1) is 14.1. The lowest BCUT2D eigenvalue weighted by atomic mass is 9.73. The maximum atomic E-state index is 12.8. The van der Waals surface area contributed by atoms with Crippen molar-refractivity contribution in [3.05, 3.63) is 27.7 Å². The van der Waals surface area contributed by atoms with Gasteiger partial charge in [0.25, 0.3) is 0 Å². The standard InChI is InChI=1S/C15H15BrClNO2/c16-11-8-10(17)4-5-12(11)18-13(19)9-15(14(18)20)6-2-1-3-7-15/h4-5,8H,1-3,6-7,9H2. The molecule has 0 aromatic heterocycles. The monoisotopic (exact) mass is 355 g/mol. The molecule has 0 radical (unpaired) electrons. The van der Waals surface area contributed by atoms with E-state index < -0.39 is 5.41 Å². The molecule has 0 unspecified atom stereocenters. The predicted molar refractivity (Wildman–Crippen MR) is 81.8 cm³/mol. The maximum absolute atomic E-state index is 12.8. The second-order valence-corrected chi connectivity index (χ2v) is 6.94. The Hall–Kier alpha value is -0.870. The van der Waals surface area contributed by atoms with Crippen LogP contribution in [-0.4, -0.2) is 11.8 Å². The molecule has 1 aliphatic heterocycles. The second kappa shape index (κ2) is 5.15. The van der Waals surface area contributed by atoms with Crippen molar-refractivity contribution in [2.75, 3.05) is 4.90 Å². The Bertz CT molecular complexity index is 581. The van der Waals surface area contributed by atoms with Gasteiger partial charge in [-0.25, -0.2) is 4.90 Å². The summed E-state index contributed by atoms with van der Waals surface area (Å²) in [4.78, 5) is 26.5. The molecule has 1 saturated carbocycles. The number of carbonyl (C=O) groups is 2. The lowest BCUT2D eigenvalue weighted by Crippen LogP contribution is -2.37. The van der Waals surface area contributed by atoms with Crippen LogP contribution in [0.15, 0.2) is 22.7 Å². The van der Waals surface area contributed by atoms with Crippen molar-refractivity contribution < 1.29 is 9.59 Å². The summed E-state index contributed by atoms with van der Waals surface area (Å²) < 4.78 is 0.680. The number of rotatable bonds is 1. The van der Waals surface area contributed by atoms with Gasteiger partial charge in [0, 0.05) is 15.9 Å². The number of nitrogens with zero attached hydrogens (tertiary/aromatic N) is 1. The lowest BCUT2D eigenvalue weighted by Gasteiger charge is -2.30. The number of hydrogen-bond donors (Lipinski definition) is 0. The molecule has 1 heterocycles. The van der Waals surface area contributed by atoms with Crippen LogP contribution in [0.25, 0.3) is 0 Å². The Morgan fingerprint density at radius 3 is 2.50 bits per heavy atom. The Balaban J connectivity index is 1.98. The molecule has 1 aliphatic carbocycles. The number of halogens is 2. The number of hydrogen-bond acceptors (Lipinski definition) is 2. The summed E-state index contributed by atoms with van der Waals surface area (Å²) in [6.07, 6.45) is 5.25.